The Balaban J connectivity index is 2.16. The number of amides is 1. The minimum absolute atomic E-state index is 0.564. The lowest BCUT2D eigenvalue weighted by molar-refractivity contribution is -0.345. The van der Waals surface area contributed by atoms with Gasteiger partial charge in [-0.2, -0.15) is 0 Å². The van der Waals surface area contributed by atoms with Gasteiger partial charge in [-0.15, -0.1) is 0 Å². The van der Waals surface area contributed by atoms with Crippen LogP contribution in [0.3, 0.4) is 0 Å². The Labute approximate surface area is 148 Å². The molecule has 1 amide bonds. The van der Waals surface area contributed by atoms with Crippen molar-refractivity contribution in [1.82, 2.24) is 5.32 Å². The Kier molecular flexibility index (Phi) is 7.27. The topological polar surface area (TPSA) is 198 Å². The van der Waals surface area contributed by atoms with Gasteiger partial charge in [0.1, 0.15) is 48.8 Å². The third-order valence-corrected chi connectivity index (χ3v) is 4.38. The van der Waals surface area contributed by atoms with E-state index in [1.807, 2.05) is 0 Å². The molecule has 2 fully saturated rings. The first kappa shape index (κ1) is 21.4. The molecular weight excluding hydrogens is 358 g/mol. The molecule has 2 heterocycles. The molecule has 2 saturated heterocycles. The standard InChI is InChI=1S/C14H25NO11/c1-4(18)15-7-9(20)12(6(3-17)24-13(7)23)26-14-11(22)10(21)8(19)5(2-16)25-14/h5-14,16-17,19-23H,2-3H2,1H3,(H,15,18)/t5-,6-,7+,8+,9-,10+,11-,12-,13-,14+/m1/s1. The molecular formula is C14H25NO11. The van der Waals surface area contributed by atoms with Gasteiger partial charge in [0.05, 0.1) is 13.2 Å². The van der Waals surface area contributed by atoms with E-state index in [0.717, 1.165) is 6.92 Å². The van der Waals surface area contributed by atoms with Crippen molar-refractivity contribution in [2.24, 2.45) is 0 Å². The summed E-state index contributed by atoms with van der Waals surface area (Å²) in [5.74, 6) is -0.564. The number of aliphatic hydroxyl groups excluding tert-OH is 7. The Hall–Kier alpha value is -0.930. The summed E-state index contributed by atoms with van der Waals surface area (Å²) < 4.78 is 15.7. The lowest BCUT2D eigenvalue weighted by Crippen LogP contribution is -2.67. The van der Waals surface area contributed by atoms with E-state index in [2.05, 4.69) is 5.32 Å². The van der Waals surface area contributed by atoms with Crippen LogP contribution in [0, 0.1) is 0 Å². The number of carbonyl (C=O) groups excluding carboxylic acids is 1. The van der Waals surface area contributed by atoms with Crippen molar-refractivity contribution in [1.29, 1.82) is 0 Å². The van der Waals surface area contributed by atoms with E-state index in [9.17, 15) is 40.5 Å². The maximum absolute atomic E-state index is 11.2. The molecule has 0 unspecified atom stereocenters. The number of nitrogens with one attached hydrogen (secondary N) is 1. The van der Waals surface area contributed by atoms with Crippen LogP contribution in [-0.2, 0) is 19.0 Å². The molecule has 152 valence electrons. The quantitative estimate of drug-likeness (QED) is 0.226. The molecule has 2 aliphatic heterocycles. The van der Waals surface area contributed by atoms with Crippen LogP contribution in [-0.4, -0.2) is 116 Å². The summed E-state index contributed by atoms with van der Waals surface area (Å²) in [5, 5.41) is 70.7. The number of rotatable bonds is 5. The average molecular weight is 383 g/mol. The van der Waals surface area contributed by atoms with Gasteiger partial charge in [-0.3, -0.25) is 4.79 Å². The van der Waals surface area contributed by atoms with Crippen LogP contribution in [0.5, 0.6) is 0 Å². The maximum Gasteiger partial charge on any atom is 0.217 e. The van der Waals surface area contributed by atoms with Crippen molar-refractivity contribution in [3.8, 4) is 0 Å². The number of hydrogen-bond acceptors (Lipinski definition) is 11. The van der Waals surface area contributed by atoms with Gasteiger partial charge < -0.3 is 55.3 Å². The molecule has 0 aromatic carbocycles. The fourth-order valence-electron chi connectivity index (χ4n) is 2.98. The van der Waals surface area contributed by atoms with E-state index in [0.29, 0.717) is 0 Å². The van der Waals surface area contributed by atoms with E-state index in [1.165, 1.54) is 0 Å². The number of carbonyl (C=O) groups is 1. The first-order valence-corrected chi connectivity index (χ1v) is 8.06. The van der Waals surface area contributed by atoms with Gasteiger partial charge in [0.2, 0.25) is 5.91 Å². The van der Waals surface area contributed by atoms with Gasteiger partial charge >= 0.3 is 0 Å². The zero-order valence-corrected chi connectivity index (χ0v) is 14.0. The molecule has 2 rings (SSSR count). The molecule has 0 aromatic rings. The summed E-state index contributed by atoms with van der Waals surface area (Å²) >= 11 is 0. The summed E-state index contributed by atoms with van der Waals surface area (Å²) in [6, 6.07) is -1.29. The van der Waals surface area contributed by atoms with Crippen molar-refractivity contribution in [2.45, 2.75) is 68.3 Å². The highest BCUT2D eigenvalue weighted by Crippen LogP contribution is 2.28. The highest BCUT2D eigenvalue weighted by Gasteiger charge is 2.50. The lowest BCUT2D eigenvalue weighted by atomic mass is 9.95. The van der Waals surface area contributed by atoms with Crippen LogP contribution in [0.15, 0.2) is 0 Å². The number of ether oxygens (including phenoxy) is 3. The summed E-state index contributed by atoms with van der Waals surface area (Å²) in [6.45, 7) is -0.195. The van der Waals surface area contributed by atoms with Crippen LogP contribution in [0.1, 0.15) is 6.92 Å². The highest BCUT2D eigenvalue weighted by molar-refractivity contribution is 5.73. The molecule has 0 aliphatic carbocycles. The van der Waals surface area contributed by atoms with Crippen molar-refractivity contribution >= 4 is 5.91 Å². The molecule has 26 heavy (non-hydrogen) atoms. The Bertz CT molecular complexity index is 478. The molecule has 0 bridgehead atoms. The molecule has 0 saturated carbocycles. The fourth-order valence-corrected chi connectivity index (χ4v) is 2.98. The smallest absolute Gasteiger partial charge is 0.217 e. The van der Waals surface area contributed by atoms with E-state index >= 15 is 0 Å². The molecule has 0 spiro atoms. The minimum atomic E-state index is -1.73. The van der Waals surface area contributed by atoms with Crippen LogP contribution in [0.4, 0.5) is 0 Å². The normalized spacial score (nSPS) is 46.8. The summed E-state index contributed by atoms with van der Waals surface area (Å²) in [6.07, 6.45) is -13.6. The third-order valence-electron chi connectivity index (χ3n) is 4.38. The number of hydrogen-bond donors (Lipinski definition) is 8. The van der Waals surface area contributed by atoms with Gasteiger partial charge in [-0.25, -0.2) is 0 Å². The molecule has 12 heteroatoms. The summed E-state index contributed by atoms with van der Waals surface area (Å²) in [4.78, 5) is 11.2. The second-order valence-electron chi connectivity index (χ2n) is 6.26. The largest absolute Gasteiger partial charge is 0.394 e. The SMILES string of the molecule is CC(=O)N[C@H]1[C@@H](O)[C@H](O[C@@H]2O[C@H](CO)[C@H](O)[C@H](O)[C@H]2O)[C@@H](CO)O[C@H]1O. The van der Waals surface area contributed by atoms with Crippen LogP contribution in [0.25, 0.3) is 0 Å². The minimum Gasteiger partial charge on any atom is -0.394 e. The van der Waals surface area contributed by atoms with Crippen molar-refractivity contribution in [2.75, 3.05) is 13.2 Å². The average Bonchev–Trinajstić information content (AvgIpc) is 2.60. The molecule has 8 N–H and O–H groups in total. The zero-order chi connectivity index (χ0) is 19.6. The van der Waals surface area contributed by atoms with Crippen molar-refractivity contribution in [3.05, 3.63) is 0 Å². The maximum atomic E-state index is 11.2. The van der Waals surface area contributed by atoms with E-state index in [1.54, 1.807) is 0 Å². The van der Waals surface area contributed by atoms with Crippen LogP contribution < -0.4 is 5.32 Å². The van der Waals surface area contributed by atoms with Gasteiger partial charge in [-0.1, -0.05) is 0 Å². The van der Waals surface area contributed by atoms with Crippen molar-refractivity contribution in [3.63, 3.8) is 0 Å². The first-order chi connectivity index (χ1) is 12.2. The van der Waals surface area contributed by atoms with Crippen LogP contribution in [0.2, 0.25) is 0 Å². The lowest BCUT2D eigenvalue weighted by Gasteiger charge is -2.46. The Morgan fingerprint density at radius 3 is 2.08 bits per heavy atom. The molecule has 12 nitrogen and oxygen atoms in total. The van der Waals surface area contributed by atoms with Gasteiger partial charge in [0.25, 0.3) is 0 Å². The monoisotopic (exact) mass is 383 g/mol. The first-order valence-electron chi connectivity index (χ1n) is 8.06. The zero-order valence-electron chi connectivity index (χ0n) is 14.0. The number of aliphatic hydroxyl groups is 7. The van der Waals surface area contributed by atoms with Crippen LogP contribution >= 0.6 is 0 Å². The Morgan fingerprint density at radius 2 is 1.54 bits per heavy atom. The molecule has 10 atom stereocenters. The van der Waals surface area contributed by atoms with E-state index in [4.69, 9.17) is 14.2 Å². The summed E-state index contributed by atoms with van der Waals surface area (Å²) in [7, 11) is 0. The van der Waals surface area contributed by atoms with E-state index in [-0.39, 0.29) is 0 Å². The van der Waals surface area contributed by atoms with Gasteiger partial charge in [0.15, 0.2) is 12.6 Å². The second kappa shape index (κ2) is 8.84. The Morgan fingerprint density at radius 1 is 0.923 bits per heavy atom. The van der Waals surface area contributed by atoms with Gasteiger partial charge in [-0.05, 0) is 0 Å². The predicted octanol–water partition coefficient (Wildman–Crippen LogP) is -5.25. The van der Waals surface area contributed by atoms with Gasteiger partial charge in [0, 0.05) is 6.92 Å². The van der Waals surface area contributed by atoms with Crippen molar-refractivity contribution < 1.29 is 54.8 Å². The highest BCUT2D eigenvalue weighted by atomic mass is 16.7. The molecule has 2 aliphatic rings. The molecule has 0 radical (unpaired) electrons. The fraction of sp³-hybridized carbons (Fsp3) is 0.929. The predicted molar refractivity (Wildman–Crippen MR) is 80.2 cm³/mol. The summed E-state index contributed by atoms with van der Waals surface area (Å²) in [5.41, 5.74) is 0. The van der Waals surface area contributed by atoms with E-state index < -0.39 is 80.5 Å². The third kappa shape index (κ3) is 4.31. The second-order valence-corrected chi connectivity index (χ2v) is 6.26. The molecule has 0 aromatic heterocycles.